The van der Waals surface area contributed by atoms with Crippen molar-refractivity contribution in [3.63, 3.8) is 0 Å². The molecule has 2 rings (SSSR count). The minimum Gasteiger partial charge on any atom is -0.449 e. The van der Waals surface area contributed by atoms with E-state index in [4.69, 9.17) is 28.3 Å². The Morgan fingerprint density at radius 2 is 2.12 bits per heavy atom. The van der Waals surface area contributed by atoms with Crippen LogP contribution in [0.5, 0.6) is 5.75 Å². The molecule has 0 atom stereocenters. The Balaban J connectivity index is 2.69. The van der Waals surface area contributed by atoms with E-state index in [1.54, 1.807) is 12.1 Å². The van der Waals surface area contributed by atoms with Crippen molar-refractivity contribution in [1.29, 1.82) is 0 Å². The monoisotopic (exact) mass is 257 g/mol. The molecule has 1 aromatic heterocycles. The largest absolute Gasteiger partial charge is 0.511 e. The van der Waals surface area contributed by atoms with Crippen LogP contribution in [0, 0.1) is 0 Å². The third-order valence-electron chi connectivity index (χ3n) is 1.91. The second-order valence-corrected chi connectivity index (χ2v) is 3.81. The van der Waals surface area contributed by atoms with Crippen molar-refractivity contribution >= 4 is 40.3 Å². The van der Waals surface area contributed by atoms with Gasteiger partial charge in [-0.1, -0.05) is 29.3 Å². The van der Waals surface area contributed by atoms with Gasteiger partial charge in [-0.15, -0.1) is 0 Å². The Hall–Kier alpha value is -1.52. The SMILES string of the molecule is O=C(O)Oc1c(Cl)ccc2cc(Cl)cnc12. The van der Waals surface area contributed by atoms with Gasteiger partial charge in [0.1, 0.15) is 5.52 Å². The van der Waals surface area contributed by atoms with Crippen LogP contribution in [0.3, 0.4) is 0 Å². The lowest BCUT2D eigenvalue weighted by molar-refractivity contribution is 0.145. The van der Waals surface area contributed by atoms with Crippen molar-refractivity contribution in [3.05, 3.63) is 34.4 Å². The highest BCUT2D eigenvalue weighted by Gasteiger charge is 2.12. The fourth-order valence-electron chi connectivity index (χ4n) is 1.31. The molecule has 0 fully saturated rings. The summed E-state index contributed by atoms with van der Waals surface area (Å²) in [5.74, 6) is 0.0170. The maximum absolute atomic E-state index is 10.5. The zero-order valence-corrected chi connectivity index (χ0v) is 9.29. The van der Waals surface area contributed by atoms with Gasteiger partial charge in [-0.25, -0.2) is 4.79 Å². The van der Waals surface area contributed by atoms with E-state index in [0.29, 0.717) is 15.9 Å². The standard InChI is InChI=1S/C10H5Cl2NO3/c11-6-3-5-1-2-7(12)9(16-10(14)15)8(5)13-4-6/h1-4H,(H,14,15). The van der Waals surface area contributed by atoms with Gasteiger partial charge in [-0.05, 0) is 12.1 Å². The van der Waals surface area contributed by atoms with E-state index in [1.807, 2.05) is 0 Å². The normalized spacial score (nSPS) is 10.4. The van der Waals surface area contributed by atoms with E-state index in [2.05, 4.69) is 9.72 Å². The molecule has 16 heavy (non-hydrogen) atoms. The number of rotatable bonds is 1. The summed E-state index contributed by atoms with van der Waals surface area (Å²) in [7, 11) is 0. The summed E-state index contributed by atoms with van der Waals surface area (Å²) in [5, 5.41) is 9.87. The number of aromatic nitrogens is 1. The van der Waals surface area contributed by atoms with Crippen molar-refractivity contribution in [2.24, 2.45) is 0 Å². The van der Waals surface area contributed by atoms with Crippen molar-refractivity contribution in [2.45, 2.75) is 0 Å². The zero-order chi connectivity index (χ0) is 11.7. The number of benzene rings is 1. The molecule has 0 aliphatic rings. The summed E-state index contributed by atoms with van der Waals surface area (Å²) < 4.78 is 4.58. The first-order chi connectivity index (χ1) is 7.58. The molecule has 0 saturated carbocycles. The number of carbonyl (C=O) groups is 1. The summed E-state index contributed by atoms with van der Waals surface area (Å²) in [4.78, 5) is 14.5. The van der Waals surface area contributed by atoms with Crippen LogP contribution in [0.25, 0.3) is 10.9 Å². The van der Waals surface area contributed by atoms with Gasteiger partial charge in [0.2, 0.25) is 0 Å². The molecule has 2 aromatic rings. The van der Waals surface area contributed by atoms with Gasteiger partial charge in [0.15, 0.2) is 5.75 Å². The molecular formula is C10H5Cl2NO3. The molecule has 1 heterocycles. The van der Waals surface area contributed by atoms with Crippen LogP contribution < -0.4 is 4.74 Å². The summed E-state index contributed by atoms with van der Waals surface area (Å²) in [5.41, 5.74) is 0.360. The van der Waals surface area contributed by atoms with Crippen LogP contribution >= 0.6 is 23.2 Å². The molecule has 1 aromatic carbocycles. The van der Waals surface area contributed by atoms with Crippen LogP contribution in [0.1, 0.15) is 0 Å². The van der Waals surface area contributed by atoms with E-state index in [0.717, 1.165) is 0 Å². The van der Waals surface area contributed by atoms with E-state index < -0.39 is 6.16 Å². The fourth-order valence-corrected chi connectivity index (χ4v) is 1.67. The lowest BCUT2D eigenvalue weighted by atomic mass is 10.2. The predicted molar refractivity (Wildman–Crippen MR) is 60.4 cm³/mol. The van der Waals surface area contributed by atoms with Crippen LogP contribution in [-0.2, 0) is 0 Å². The molecule has 0 radical (unpaired) electrons. The number of hydrogen-bond donors (Lipinski definition) is 1. The number of halogens is 2. The third-order valence-corrected chi connectivity index (χ3v) is 2.42. The highest BCUT2D eigenvalue weighted by Crippen LogP contribution is 2.33. The van der Waals surface area contributed by atoms with E-state index in [1.165, 1.54) is 12.3 Å². The van der Waals surface area contributed by atoms with Crippen molar-refractivity contribution in [1.82, 2.24) is 4.98 Å². The molecule has 1 N–H and O–H groups in total. The van der Waals surface area contributed by atoms with Gasteiger partial charge in [0.05, 0.1) is 10.0 Å². The molecule has 0 aliphatic heterocycles. The second-order valence-electron chi connectivity index (χ2n) is 2.97. The summed E-state index contributed by atoms with van der Waals surface area (Å²) >= 11 is 11.6. The Morgan fingerprint density at radius 1 is 1.38 bits per heavy atom. The third kappa shape index (κ3) is 2.03. The Morgan fingerprint density at radius 3 is 2.81 bits per heavy atom. The first kappa shape index (κ1) is 11.0. The first-order valence-corrected chi connectivity index (χ1v) is 4.98. The highest BCUT2D eigenvalue weighted by molar-refractivity contribution is 6.33. The molecule has 0 unspecified atom stereocenters. The number of nitrogens with zero attached hydrogens (tertiary/aromatic N) is 1. The smallest absolute Gasteiger partial charge is 0.449 e. The lowest BCUT2D eigenvalue weighted by Crippen LogP contribution is -2.04. The van der Waals surface area contributed by atoms with E-state index >= 15 is 0 Å². The maximum Gasteiger partial charge on any atom is 0.511 e. The topological polar surface area (TPSA) is 59.4 Å². The lowest BCUT2D eigenvalue weighted by Gasteiger charge is -2.06. The first-order valence-electron chi connectivity index (χ1n) is 4.22. The number of fused-ring (bicyclic) bond motifs is 1. The minimum atomic E-state index is -1.44. The molecule has 0 saturated heterocycles. The number of pyridine rings is 1. The maximum atomic E-state index is 10.5. The van der Waals surface area contributed by atoms with Gasteiger partial charge >= 0.3 is 6.16 Å². The summed E-state index contributed by atoms with van der Waals surface area (Å²) in [6, 6.07) is 4.86. The molecule has 6 heteroatoms. The van der Waals surface area contributed by atoms with Crippen LogP contribution in [0.2, 0.25) is 10.0 Å². The predicted octanol–water partition coefficient (Wildman–Crippen LogP) is 3.60. The number of ether oxygens (including phenoxy) is 1. The second kappa shape index (κ2) is 4.15. The van der Waals surface area contributed by atoms with Crippen LogP contribution in [0.4, 0.5) is 4.79 Å². The number of carboxylic acid groups (broad SMARTS) is 1. The summed E-state index contributed by atoms with van der Waals surface area (Å²) in [6.07, 6.45) is -0.0410. The van der Waals surface area contributed by atoms with Crippen molar-refractivity contribution < 1.29 is 14.6 Å². The van der Waals surface area contributed by atoms with Gasteiger partial charge in [-0.2, -0.15) is 0 Å². The van der Waals surface area contributed by atoms with Crippen molar-refractivity contribution in [2.75, 3.05) is 0 Å². The Labute approximate surface area is 100 Å². The quantitative estimate of drug-likeness (QED) is 0.627. The van der Waals surface area contributed by atoms with Crippen LogP contribution in [-0.4, -0.2) is 16.2 Å². The highest BCUT2D eigenvalue weighted by atomic mass is 35.5. The Kier molecular flexibility index (Phi) is 2.85. The molecular weight excluding hydrogens is 253 g/mol. The van der Waals surface area contributed by atoms with Gasteiger partial charge in [0, 0.05) is 11.6 Å². The van der Waals surface area contributed by atoms with Crippen molar-refractivity contribution in [3.8, 4) is 5.75 Å². The molecule has 0 aliphatic carbocycles. The molecule has 0 bridgehead atoms. The zero-order valence-electron chi connectivity index (χ0n) is 7.78. The average Bonchev–Trinajstić information content (AvgIpc) is 2.22. The van der Waals surface area contributed by atoms with E-state index in [9.17, 15) is 4.79 Å². The number of hydrogen-bond acceptors (Lipinski definition) is 3. The average molecular weight is 258 g/mol. The fraction of sp³-hybridized carbons (Fsp3) is 0. The molecule has 4 nitrogen and oxygen atoms in total. The Bertz CT molecular complexity index is 571. The van der Waals surface area contributed by atoms with E-state index in [-0.39, 0.29) is 10.8 Å². The van der Waals surface area contributed by atoms with Crippen LogP contribution in [0.15, 0.2) is 24.4 Å². The van der Waals surface area contributed by atoms with Gasteiger partial charge in [0.25, 0.3) is 0 Å². The van der Waals surface area contributed by atoms with Gasteiger partial charge in [-0.3, -0.25) is 4.98 Å². The molecule has 82 valence electrons. The summed E-state index contributed by atoms with van der Waals surface area (Å²) in [6.45, 7) is 0. The minimum absolute atomic E-state index is 0.0170. The van der Waals surface area contributed by atoms with Gasteiger partial charge < -0.3 is 9.84 Å². The molecule has 0 spiro atoms. The molecule has 0 amide bonds.